The van der Waals surface area contributed by atoms with Gasteiger partial charge in [-0.3, -0.25) is 19.7 Å². The van der Waals surface area contributed by atoms with Gasteiger partial charge in [0.25, 0.3) is 0 Å². The standard InChI is InChI=1S/C50H54N6O6/c1-55(48(60)26-31-56-29-24-41(25-30-56)62-50(61)53-44-13-6-5-12-42(44)38-10-3-2-4-11-38)40-17-14-36(15-18-40)34-52-47(59)33-37-9-7-8-35(32-37)22-27-51-28-23-39-16-20-45(57)49-43(39)19-21-46(58)54-49/h2-21,32,41,51,57H,22-31,33-34H2,1H3,(H,52,59)(H,53,61)(H,54,58). The van der Waals surface area contributed by atoms with E-state index in [2.05, 4.69) is 38.0 Å². The van der Waals surface area contributed by atoms with E-state index in [1.165, 1.54) is 6.07 Å². The Morgan fingerprint density at radius 1 is 0.806 bits per heavy atom. The Kier molecular flexibility index (Phi) is 14.8. The van der Waals surface area contributed by atoms with Gasteiger partial charge in [0.1, 0.15) is 11.9 Å². The smallest absolute Gasteiger partial charge is 0.411 e. The quantitative estimate of drug-likeness (QED) is 0.0605. The number of hydrogen-bond donors (Lipinski definition) is 5. The van der Waals surface area contributed by atoms with E-state index in [0.717, 1.165) is 83.5 Å². The fraction of sp³-hybridized carbons (Fsp3) is 0.280. The molecule has 320 valence electrons. The molecule has 0 bridgehead atoms. The van der Waals surface area contributed by atoms with Gasteiger partial charge >= 0.3 is 6.09 Å². The van der Waals surface area contributed by atoms with E-state index in [1.54, 1.807) is 24.1 Å². The molecule has 0 spiro atoms. The van der Waals surface area contributed by atoms with Crippen LogP contribution in [0.25, 0.3) is 22.0 Å². The summed E-state index contributed by atoms with van der Waals surface area (Å²) in [5.74, 6) is 0.00924. The summed E-state index contributed by atoms with van der Waals surface area (Å²) in [6.45, 7) is 4.00. The number of likely N-dealkylation sites (tertiary alicyclic amines) is 1. The Bertz CT molecular complexity index is 2520. The van der Waals surface area contributed by atoms with Gasteiger partial charge in [0.05, 0.1) is 17.6 Å². The number of aromatic amines is 1. The number of anilines is 2. The van der Waals surface area contributed by atoms with Crippen molar-refractivity contribution in [3.05, 3.63) is 160 Å². The van der Waals surface area contributed by atoms with E-state index >= 15 is 0 Å². The molecule has 62 heavy (non-hydrogen) atoms. The summed E-state index contributed by atoms with van der Waals surface area (Å²) in [6.07, 6.45) is 2.97. The van der Waals surface area contributed by atoms with Gasteiger partial charge in [0.2, 0.25) is 17.4 Å². The summed E-state index contributed by atoms with van der Waals surface area (Å²) in [7, 11) is 1.78. The highest BCUT2D eigenvalue weighted by Crippen LogP contribution is 2.28. The van der Waals surface area contributed by atoms with E-state index in [9.17, 15) is 24.3 Å². The molecule has 6 aromatic rings. The van der Waals surface area contributed by atoms with Gasteiger partial charge in [-0.25, -0.2) is 4.79 Å². The predicted octanol–water partition coefficient (Wildman–Crippen LogP) is 7.20. The number of phenolic OH excluding ortho intramolecular Hbond substituents is 1. The molecule has 1 aliphatic rings. The molecule has 5 N–H and O–H groups in total. The van der Waals surface area contributed by atoms with E-state index in [4.69, 9.17) is 4.74 Å². The third-order valence-corrected chi connectivity index (χ3v) is 11.4. The number of pyridine rings is 1. The van der Waals surface area contributed by atoms with Crippen molar-refractivity contribution < 1.29 is 24.2 Å². The van der Waals surface area contributed by atoms with E-state index in [0.29, 0.717) is 43.6 Å². The fourth-order valence-electron chi connectivity index (χ4n) is 7.85. The number of benzene rings is 5. The van der Waals surface area contributed by atoms with Crippen LogP contribution in [0.4, 0.5) is 16.2 Å². The Balaban J connectivity index is 0.773. The summed E-state index contributed by atoms with van der Waals surface area (Å²) in [4.78, 5) is 57.1. The summed E-state index contributed by atoms with van der Waals surface area (Å²) >= 11 is 0. The number of nitrogens with zero attached hydrogens (tertiary/aromatic N) is 2. The first-order valence-electron chi connectivity index (χ1n) is 21.3. The molecule has 1 aromatic heterocycles. The molecule has 1 aliphatic heterocycles. The molecule has 0 atom stereocenters. The zero-order valence-electron chi connectivity index (χ0n) is 35.1. The molecule has 0 unspecified atom stereocenters. The van der Waals surface area contributed by atoms with Crippen molar-refractivity contribution in [2.75, 3.05) is 50.0 Å². The molecule has 1 saturated heterocycles. The molecule has 3 amide bonds. The van der Waals surface area contributed by atoms with Crippen molar-refractivity contribution in [1.29, 1.82) is 0 Å². The van der Waals surface area contributed by atoms with Crippen molar-refractivity contribution in [3.63, 3.8) is 0 Å². The number of aromatic nitrogens is 1. The zero-order valence-corrected chi connectivity index (χ0v) is 35.1. The fourth-order valence-corrected chi connectivity index (χ4v) is 7.85. The number of phenols is 1. The number of hydrogen-bond acceptors (Lipinski definition) is 8. The third kappa shape index (κ3) is 12.0. The number of para-hydroxylation sites is 1. The van der Waals surface area contributed by atoms with Gasteiger partial charge in [-0.1, -0.05) is 91.0 Å². The highest BCUT2D eigenvalue weighted by molar-refractivity contribution is 5.93. The molecule has 7 rings (SSSR count). The second-order valence-electron chi connectivity index (χ2n) is 15.7. The number of piperidine rings is 1. The number of carbonyl (C=O) groups excluding carboxylic acids is 3. The minimum absolute atomic E-state index is 0.0151. The third-order valence-electron chi connectivity index (χ3n) is 11.4. The number of nitrogens with one attached hydrogen (secondary N) is 4. The van der Waals surface area contributed by atoms with Crippen molar-refractivity contribution >= 4 is 40.2 Å². The average Bonchev–Trinajstić information content (AvgIpc) is 3.29. The van der Waals surface area contributed by atoms with Crippen molar-refractivity contribution in [2.24, 2.45) is 0 Å². The first kappa shape index (κ1) is 43.3. The minimum Gasteiger partial charge on any atom is -0.506 e. The van der Waals surface area contributed by atoms with Crippen LogP contribution in [-0.4, -0.2) is 78.8 Å². The lowest BCUT2D eigenvalue weighted by molar-refractivity contribution is -0.120. The molecule has 2 heterocycles. The Labute approximate surface area is 361 Å². The van der Waals surface area contributed by atoms with E-state index in [-0.39, 0.29) is 35.6 Å². The number of amides is 3. The monoisotopic (exact) mass is 834 g/mol. The molecular formula is C50H54N6O6. The topological polar surface area (TPSA) is 156 Å². The largest absolute Gasteiger partial charge is 0.506 e. The van der Waals surface area contributed by atoms with E-state index < -0.39 is 6.09 Å². The predicted molar refractivity (Wildman–Crippen MR) is 244 cm³/mol. The molecule has 12 heteroatoms. The van der Waals surface area contributed by atoms with Crippen LogP contribution in [-0.2, 0) is 40.1 Å². The molecule has 0 radical (unpaired) electrons. The number of aromatic hydroxyl groups is 1. The highest BCUT2D eigenvalue weighted by atomic mass is 16.6. The maximum absolute atomic E-state index is 13.1. The maximum Gasteiger partial charge on any atom is 0.411 e. The van der Waals surface area contributed by atoms with Crippen LogP contribution >= 0.6 is 0 Å². The first-order chi connectivity index (χ1) is 30.2. The van der Waals surface area contributed by atoms with Crippen LogP contribution in [0.3, 0.4) is 0 Å². The summed E-state index contributed by atoms with van der Waals surface area (Å²) in [5, 5.41) is 20.4. The van der Waals surface area contributed by atoms with Gasteiger partial charge in [-0.05, 0) is 96.9 Å². The first-order valence-corrected chi connectivity index (χ1v) is 21.3. The Hall–Kier alpha value is -6.76. The van der Waals surface area contributed by atoms with Crippen LogP contribution < -0.4 is 26.4 Å². The van der Waals surface area contributed by atoms with Crippen molar-refractivity contribution in [3.8, 4) is 16.9 Å². The molecule has 0 saturated carbocycles. The SMILES string of the molecule is CN(C(=O)CCN1CCC(OC(=O)Nc2ccccc2-c2ccccc2)CC1)c1ccc(CNC(=O)Cc2cccc(CCNCCc3ccc(O)c4[nH]c(=O)ccc34)c2)cc1. The van der Waals surface area contributed by atoms with Gasteiger partial charge in [0.15, 0.2) is 0 Å². The van der Waals surface area contributed by atoms with Gasteiger partial charge in [-0.2, -0.15) is 0 Å². The van der Waals surface area contributed by atoms with Crippen LogP contribution in [0.5, 0.6) is 5.75 Å². The lowest BCUT2D eigenvalue weighted by Crippen LogP contribution is -2.40. The van der Waals surface area contributed by atoms with Crippen LogP contribution in [0.1, 0.15) is 41.5 Å². The summed E-state index contributed by atoms with van der Waals surface area (Å²) in [5.41, 5.74) is 7.73. The summed E-state index contributed by atoms with van der Waals surface area (Å²) < 4.78 is 5.78. The van der Waals surface area contributed by atoms with Crippen molar-refractivity contribution in [1.82, 2.24) is 20.5 Å². The van der Waals surface area contributed by atoms with Crippen LogP contribution in [0.15, 0.2) is 132 Å². The highest BCUT2D eigenvalue weighted by Gasteiger charge is 2.24. The Morgan fingerprint density at radius 2 is 1.55 bits per heavy atom. The number of fused-ring (bicyclic) bond motifs is 1. The molecular weight excluding hydrogens is 781 g/mol. The van der Waals surface area contributed by atoms with Crippen LogP contribution in [0.2, 0.25) is 0 Å². The number of H-pyrrole nitrogens is 1. The number of rotatable bonds is 17. The lowest BCUT2D eigenvalue weighted by atomic mass is 10.0. The van der Waals surface area contributed by atoms with Gasteiger partial charge in [0, 0.05) is 62.4 Å². The minimum atomic E-state index is -0.462. The lowest BCUT2D eigenvalue weighted by Gasteiger charge is -2.31. The molecule has 5 aromatic carbocycles. The molecule has 1 fully saturated rings. The van der Waals surface area contributed by atoms with Crippen LogP contribution in [0, 0.1) is 0 Å². The number of ether oxygens (including phenoxy) is 1. The zero-order chi connectivity index (χ0) is 43.3. The van der Waals surface area contributed by atoms with Gasteiger partial charge in [-0.15, -0.1) is 0 Å². The van der Waals surface area contributed by atoms with Crippen molar-refractivity contribution in [2.45, 2.75) is 51.2 Å². The average molecular weight is 835 g/mol. The Morgan fingerprint density at radius 3 is 2.35 bits per heavy atom. The number of carbonyl (C=O) groups is 3. The normalized spacial score (nSPS) is 13.1. The maximum atomic E-state index is 13.1. The molecule has 0 aliphatic carbocycles. The molecule has 12 nitrogen and oxygen atoms in total. The van der Waals surface area contributed by atoms with Gasteiger partial charge < -0.3 is 35.3 Å². The second kappa shape index (κ2) is 21.2. The van der Waals surface area contributed by atoms with E-state index in [1.807, 2.05) is 97.1 Å². The summed E-state index contributed by atoms with van der Waals surface area (Å²) in [6, 6.07) is 40.0. The second-order valence-corrected chi connectivity index (χ2v) is 15.7.